The molecular weight excluding hydrogens is 328 g/mol. The van der Waals surface area contributed by atoms with Gasteiger partial charge in [0.2, 0.25) is 17.7 Å². The third-order valence-corrected chi connectivity index (χ3v) is 3.43. The summed E-state index contributed by atoms with van der Waals surface area (Å²) in [5.74, 6) is -0.910. The molecule has 0 spiro atoms. The number of likely N-dealkylation sites (tertiary alicyclic amines) is 1. The molecule has 0 saturated carbocycles. The molecule has 0 aromatic carbocycles. The molecule has 0 aliphatic carbocycles. The third kappa shape index (κ3) is 7.86. The fraction of sp³-hybridized carbons (Fsp3) is 0.750. The topological polar surface area (TPSA) is 117 Å². The van der Waals surface area contributed by atoms with Crippen molar-refractivity contribution in [2.75, 3.05) is 26.2 Å². The standard InChI is InChI=1S/C16H28N4O5/c1-11(21)17-7-8-18-13(22)10-19-14(23)12-6-5-9-20(12)15(24)25-16(2,3)4/h12H,5-10H2,1-4H3,(H,17,21)(H,18,22)(H,19,23)/t12-/m0/s1. The number of rotatable bonds is 6. The average molecular weight is 356 g/mol. The molecule has 4 amide bonds. The van der Waals surface area contributed by atoms with E-state index in [2.05, 4.69) is 16.0 Å². The van der Waals surface area contributed by atoms with Crippen LogP contribution < -0.4 is 16.0 Å². The predicted octanol–water partition coefficient (Wildman–Crippen LogP) is -0.246. The number of nitrogens with one attached hydrogen (secondary N) is 3. The van der Waals surface area contributed by atoms with Crippen LogP contribution >= 0.6 is 0 Å². The lowest BCUT2D eigenvalue weighted by molar-refractivity contribution is -0.128. The van der Waals surface area contributed by atoms with Crippen molar-refractivity contribution in [3.8, 4) is 0 Å². The Balaban J connectivity index is 2.39. The Morgan fingerprint density at radius 2 is 1.72 bits per heavy atom. The molecule has 1 aliphatic heterocycles. The van der Waals surface area contributed by atoms with E-state index in [0.29, 0.717) is 25.9 Å². The first-order valence-corrected chi connectivity index (χ1v) is 8.38. The van der Waals surface area contributed by atoms with Crippen molar-refractivity contribution in [2.24, 2.45) is 0 Å². The van der Waals surface area contributed by atoms with Gasteiger partial charge in [-0.1, -0.05) is 0 Å². The number of hydrogen-bond donors (Lipinski definition) is 3. The molecule has 0 aromatic rings. The van der Waals surface area contributed by atoms with Crippen molar-refractivity contribution in [2.45, 2.75) is 52.2 Å². The van der Waals surface area contributed by atoms with Crippen LogP contribution in [-0.2, 0) is 19.1 Å². The molecule has 0 radical (unpaired) electrons. The van der Waals surface area contributed by atoms with Crippen molar-refractivity contribution >= 4 is 23.8 Å². The molecule has 0 bridgehead atoms. The summed E-state index contributed by atoms with van der Waals surface area (Å²) >= 11 is 0. The smallest absolute Gasteiger partial charge is 0.410 e. The summed E-state index contributed by atoms with van der Waals surface area (Å²) in [5, 5.41) is 7.66. The Morgan fingerprint density at radius 1 is 1.08 bits per heavy atom. The number of carbonyl (C=O) groups excluding carboxylic acids is 4. The van der Waals surface area contributed by atoms with E-state index in [4.69, 9.17) is 4.74 Å². The first-order valence-electron chi connectivity index (χ1n) is 8.38. The number of amides is 4. The molecule has 1 aliphatic rings. The number of hydrogen-bond acceptors (Lipinski definition) is 5. The number of ether oxygens (including phenoxy) is 1. The predicted molar refractivity (Wildman–Crippen MR) is 90.7 cm³/mol. The molecule has 25 heavy (non-hydrogen) atoms. The van der Waals surface area contributed by atoms with Gasteiger partial charge < -0.3 is 20.7 Å². The van der Waals surface area contributed by atoms with Gasteiger partial charge in [-0.3, -0.25) is 19.3 Å². The molecule has 1 heterocycles. The fourth-order valence-electron chi connectivity index (χ4n) is 2.37. The minimum absolute atomic E-state index is 0.175. The van der Waals surface area contributed by atoms with Crippen LogP contribution in [0.2, 0.25) is 0 Å². The average Bonchev–Trinajstić information content (AvgIpc) is 2.97. The molecule has 9 heteroatoms. The molecule has 142 valence electrons. The van der Waals surface area contributed by atoms with E-state index in [9.17, 15) is 19.2 Å². The van der Waals surface area contributed by atoms with E-state index in [-0.39, 0.29) is 30.8 Å². The normalized spacial score (nSPS) is 17.0. The molecular formula is C16H28N4O5. The summed E-state index contributed by atoms with van der Waals surface area (Å²) in [6.45, 7) is 7.56. The lowest BCUT2D eigenvalue weighted by Gasteiger charge is -2.28. The van der Waals surface area contributed by atoms with Gasteiger partial charge in [0.1, 0.15) is 11.6 Å². The summed E-state index contributed by atoms with van der Waals surface area (Å²) in [5.41, 5.74) is -0.630. The Hall–Kier alpha value is -2.32. The zero-order valence-corrected chi connectivity index (χ0v) is 15.3. The highest BCUT2D eigenvalue weighted by Crippen LogP contribution is 2.20. The second-order valence-electron chi connectivity index (χ2n) is 6.88. The first-order chi connectivity index (χ1) is 11.6. The maximum Gasteiger partial charge on any atom is 0.410 e. The summed E-state index contributed by atoms with van der Waals surface area (Å²) in [6.07, 6.45) is 0.722. The van der Waals surface area contributed by atoms with E-state index in [0.717, 1.165) is 0 Å². The van der Waals surface area contributed by atoms with Crippen LogP contribution in [0.1, 0.15) is 40.5 Å². The number of carbonyl (C=O) groups is 4. The Bertz CT molecular complexity index is 515. The summed E-state index contributed by atoms with van der Waals surface area (Å²) in [7, 11) is 0. The molecule has 9 nitrogen and oxygen atoms in total. The molecule has 1 rings (SSSR count). The molecule has 0 unspecified atom stereocenters. The zero-order valence-electron chi connectivity index (χ0n) is 15.3. The van der Waals surface area contributed by atoms with Gasteiger partial charge in [0.25, 0.3) is 0 Å². The molecule has 1 atom stereocenters. The first kappa shape index (κ1) is 20.7. The van der Waals surface area contributed by atoms with Crippen LogP contribution in [0.5, 0.6) is 0 Å². The van der Waals surface area contributed by atoms with Gasteiger partial charge in [0, 0.05) is 26.6 Å². The quantitative estimate of drug-likeness (QED) is 0.568. The third-order valence-electron chi connectivity index (χ3n) is 3.43. The fourth-order valence-corrected chi connectivity index (χ4v) is 2.37. The minimum Gasteiger partial charge on any atom is -0.444 e. The molecule has 0 aromatic heterocycles. The Morgan fingerprint density at radius 3 is 2.32 bits per heavy atom. The highest BCUT2D eigenvalue weighted by molar-refractivity contribution is 5.89. The highest BCUT2D eigenvalue weighted by Gasteiger charge is 2.36. The molecule has 1 saturated heterocycles. The second kappa shape index (κ2) is 9.24. The van der Waals surface area contributed by atoms with E-state index in [1.807, 2.05) is 0 Å². The molecule has 1 fully saturated rings. The Labute approximate surface area is 147 Å². The van der Waals surface area contributed by atoms with Gasteiger partial charge >= 0.3 is 6.09 Å². The Kier molecular flexibility index (Phi) is 7.66. The van der Waals surface area contributed by atoms with Crippen molar-refractivity contribution in [3.05, 3.63) is 0 Å². The van der Waals surface area contributed by atoms with Crippen molar-refractivity contribution in [1.82, 2.24) is 20.9 Å². The monoisotopic (exact) mass is 356 g/mol. The van der Waals surface area contributed by atoms with Gasteiger partial charge in [-0.15, -0.1) is 0 Å². The maximum absolute atomic E-state index is 12.3. The van der Waals surface area contributed by atoms with Gasteiger partial charge in [0.05, 0.1) is 6.54 Å². The van der Waals surface area contributed by atoms with Gasteiger partial charge in [0.15, 0.2) is 0 Å². The van der Waals surface area contributed by atoms with Crippen LogP contribution in [0.25, 0.3) is 0 Å². The lowest BCUT2D eigenvalue weighted by Crippen LogP contribution is -2.49. The van der Waals surface area contributed by atoms with Gasteiger partial charge in [-0.2, -0.15) is 0 Å². The van der Waals surface area contributed by atoms with E-state index in [1.54, 1.807) is 20.8 Å². The van der Waals surface area contributed by atoms with Crippen molar-refractivity contribution < 1.29 is 23.9 Å². The van der Waals surface area contributed by atoms with Crippen molar-refractivity contribution in [1.29, 1.82) is 0 Å². The number of nitrogens with zero attached hydrogens (tertiary/aromatic N) is 1. The lowest BCUT2D eigenvalue weighted by atomic mass is 10.2. The van der Waals surface area contributed by atoms with Crippen LogP contribution in [0, 0.1) is 0 Å². The zero-order chi connectivity index (χ0) is 19.0. The highest BCUT2D eigenvalue weighted by atomic mass is 16.6. The van der Waals surface area contributed by atoms with Crippen LogP contribution in [0.3, 0.4) is 0 Å². The van der Waals surface area contributed by atoms with Gasteiger partial charge in [-0.25, -0.2) is 4.79 Å². The summed E-state index contributed by atoms with van der Waals surface area (Å²) in [6, 6.07) is -0.623. The van der Waals surface area contributed by atoms with E-state index < -0.39 is 17.7 Å². The van der Waals surface area contributed by atoms with Crippen molar-refractivity contribution in [3.63, 3.8) is 0 Å². The summed E-state index contributed by atoms with van der Waals surface area (Å²) in [4.78, 5) is 48.2. The van der Waals surface area contributed by atoms with E-state index in [1.165, 1.54) is 11.8 Å². The maximum atomic E-state index is 12.3. The SMILES string of the molecule is CC(=O)NCCNC(=O)CNC(=O)[C@@H]1CCCN1C(=O)OC(C)(C)C. The largest absolute Gasteiger partial charge is 0.444 e. The minimum atomic E-state index is -0.630. The summed E-state index contributed by atoms with van der Waals surface area (Å²) < 4.78 is 5.31. The van der Waals surface area contributed by atoms with Crippen LogP contribution in [0.15, 0.2) is 0 Å². The van der Waals surface area contributed by atoms with Gasteiger partial charge in [-0.05, 0) is 33.6 Å². The van der Waals surface area contributed by atoms with Crippen LogP contribution in [-0.4, -0.2) is 66.5 Å². The van der Waals surface area contributed by atoms with E-state index >= 15 is 0 Å². The van der Waals surface area contributed by atoms with Crippen LogP contribution in [0.4, 0.5) is 4.79 Å². The molecule has 3 N–H and O–H groups in total. The second-order valence-corrected chi connectivity index (χ2v) is 6.88.